The summed E-state index contributed by atoms with van der Waals surface area (Å²) >= 11 is 0. The number of fused-ring (bicyclic) bond motifs is 5. The molecule has 2 bridgehead atoms. The molecule has 3 aliphatic carbocycles. The lowest BCUT2D eigenvalue weighted by molar-refractivity contribution is -0.349. The van der Waals surface area contributed by atoms with Gasteiger partial charge < -0.3 is 48.7 Å². The molecule has 16 nitrogen and oxygen atoms in total. The van der Waals surface area contributed by atoms with E-state index >= 15 is 4.79 Å². The highest BCUT2D eigenvalue weighted by Gasteiger charge is 2.78. The van der Waals surface area contributed by atoms with Crippen LogP contribution >= 0.6 is 0 Å². The average Bonchev–Trinajstić information content (AvgIpc) is 3.28. The van der Waals surface area contributed by atoms with Crippen LogP contribution in [0, 0.1) is 16.7 Å². The summed E-state index contributed by atoms with van der Waals surface area (Å²) in [6.45, 7) is 8.47. The maximum atomic E-state index is 16.0. The van der Waals surface area contributed by atoms with E-state index in [4.69, 9.17) is 33.2 Å². The normalized spacial score (nSPS) is 30.7. The highest BCUT2D eigenvalue weighted by atomic mass is 16.6. The minimum absolute atomic E-state index is 0.00322. The van der Waals surface area contributed by atoms with E-state index in [1.54, 1.807) is 107 Å². The van der Waals surface area contributed by atoms with Crippen molar-refractivity contribution < 1.29 is 72.1 Å². The van der Waals surface area contributed by atoms with E-state index in [2.05, 4.69) is 5.32 Å². The van der Waals surface area contributed by atoms with E-state index in [0.717, 1.165) is 6.92 Å². The smallest absolute Gasteiger partial charge is 0.338 e. The molecule has 3 N–H and O–H groups in total. The highest BCUT2D eigenvalue weighted by Crippen LogP contribution is 2.65. The summed E-state index contributed by atoms with van der Waals surface area (Å²) in [5, 5.41) is 28.5. The van der Waals surface area contributed by atoms with Gasteiger partial charge in [0.2, 0.25) is 0 Å². The van der Waals surface area contributed by atoms with Crippen LogP contribution in [-0.4, -0.2) is 121 Å². The van der Waals surface area contributed by atoms with Crippen LogP contribution in [0.3, 0.4) is 0 Å². The number of aliphatic hydroxyl groups is 2. The maximum Gasteiger partial charge on any atom is 0.338 e. The Labute approximate surface area is 382 Å². The van der Waals surface area contributed by atoms with Gasteiger partial charge >= 0.3 is 23.9 Å². The molecule has 1 amide bonds. The fourth-order valence-electron chi connectivity index (χ4n) is 10.7. The van der Waals surface area contributed by atoms with Crippen LogP contribution in [0.4, 0.5) is 0 Å². The summed E-state index contributed by atoms with van der Waals surface area (Å²) in [5.74, 6) is -6.50. The van der Waals surface area contributed by atoms with Crippen LogP contribution in [0.1, 0.15) is 86.7 Å². The topological polar surface area (TPSA) is 220 Å². The Morgan fingerprint density at radius 3 is 2.00 bits per heavy atom. The van der Waals surface area contributed by atoms with Crippen molar-refractivity contribution in [1.82, 2.24) is 5.32 Å². The Hall–Kier alpha value is -5.78. The number of esters is 4. The Bertz CT molecular complexity index is 2350. The van der Waals surface area contributed by atoms with Gasteiger partial charge in [-0.1, -0.05) is 80.6 Å². The fraction of sp³-hybridized carbons (Fsp3) is 0.480. The molecule has 1 heterocycles. The number of amides is 1. The van der Waals surface area contributed by atoms with Crippen LogP contribution in [-0.2, 0) is 52.3 Å². The Balaban J connectivity index is 1.41. The predicted octanol–water partition coefficient (Wildman–Crippen LogP) is 4.41. The molecule has 0 radical (unpaired) electrons. The van der Waals surface area contributed by atoms with E-state index in [0.29, 0.717) is 5.56 Å². The molecule has 3 aromatic rings. The number of benzene rings is 3. The van der Waals surface area contributed by atoms with Crippen LogP contribution in [0.2, 0.25) is 0 Å². The van der Waals surface area contributed by atoms with Crippen LogP contribution in [0.5, 0.6) is 0 Å². The Kier molecular flexibility index (Phi) is 13.7. The van der Waals surface area contributed by atoms with Gasteiger partial charge in [0.15, 0.2) is 23.6 Å². The van der Waals surface area contributed by atoms with Gasteiger partial charge in [0, 0.05) is 44.8 Å². The summed E-state index contributed by atoms with van der Waals surface area (Å²) in [5.41, 5.74) is -6.64. The molecule has 352 valence electrons. The van der Waals surface area contributed by atoms with Gasteiger partial charge in [-0.25, -0.2) is 9.59 Å². The Morgan fingerprint density at radius 2 is 1.44 bits per heavy atom. The zero-order chi connectivity index (χ0) is 47.8. The molecule has 3 aromatic carbocycles. The number of rotatable bonds is 14. The molecule has 0 unspecified atom stereocenters. The average molecular weight is 912 g/mol. The van der Waals surface area contributed by atoms with Crippen molar-refractivity contribution in [3.8, 4) is 0 Å². The van der Waals surface area contributed by atoms with Gasteiger partial charge in [-0.2, -0.15) is 0 Å². The third-order valence-electron chi connectivity index (χ3n) is 14.1. The number of aliphatic hydroxyl groups excluding tert-OH is 1. The molecule has 7 rings (SSSR count). The van der Waals surface area contributed by atoms with Crippen molar-refractivity contribution in [3.63, 3.8) is 0 Å². The zero-order valence-corrected chi connectivity index (χ0v) is 38.0. The van der Waals surface area contributed by atoms with E-state index < -0.39 is 113 Å². The summed E-state index contributed by atoms with van der Waals surface area (Å²) < 4.78 is 42.8. The SMILES string of the molecule is COCCO[C@H]1C[C@H]2OC[C@@]2(OC(C)=O)[C@H]2[C@H](OC(=O)c3ccccc3)[C@]3(O)C[C@H](OC(=O)[C@H](O)[C@@H](NC(=O)c4ccccc4)c4ccccc4)C(C)=C([C@@H](OC(C)=O)C(=O)[C@]12C)C3(C)C. The fourth-order valence-corrected chi connectivity index (χ4v) is 10.7. The molecule has 1 saturated heterocycles. The lowest BCUT2D eigenvalue weighted by Gasteiger charge is -2.67. The first kappa shape index (κ1) is 48.2. The minimum atomic E-state index is -2.37. The molecular weight excluding hydrogens is 855 g/mol. The molecular formula is C50H57NO15. The first-order valence-electron chi connectivity index (χ1n) is 21.9. The number of ether oxygens (including phenoxy) is 7. The summed E-state index contributed by atoms with van der Waals surface area (Å²) in [6, 6.07) is 23.2. The van der Waals surface area contributed by atoms with E-state index in [1.807, 2.05) is 0 Å². The number of Topliss-reactive ketones (excluding diaryl/α,β-unsaturated/α-hetero) is 1. The summed E-state index contributed by atoms with van der Waals surface area (Å²) in [7, 11) is 1.48. The Morgan fingerprint density at radius 1 is 0.833 bits per heavy atom. The summed E-state index contributed by atoms with van der Waals surface area (Å²) in [4.78, 5) is 84.8. The van der Waals surface area contributed by atoms with Gasteiger partial charge in [-0.3, -0.25) is 19.2 Å². The highest BCUT2D eigenvalue weighted by molar-refractivity contribution is 5.96. The van der Waals surface area contributed by atoms with Crippen molar-refractivity contribution in [2.24, 2.45) is 16.7 Å². The predicted molar refractivity (Wildman–Crippen MR) is 233 cm³/mol. The van der Waals surface area contributed by atoms with Gasteiger partial charge in [0.1, 0.15) is 23.9 Å². The number of carbonyl (C=O) groups is 6. The number of ketones is 1. The van der Waals surface area contributed by atoms with E-state index in [1.165, 1.54) is 26.2 Å². The summed E-state index contributed by atoms with van der Waals surface area (Å²) in [6.07, 6.45) is -9.57. The van der Waals surface area contributed by atoms with Crippen LogP contribution < -0.4 is 5.32 Å². The first-order chi connectivity index (χ1) is 31.3. The molecule has 66 heavy (non-hydrogen) atoms. The van der Waals surface area contributed by atoms with Crippen LogP contribution in [0.15, 0.2) is 102 Å². The molecule has 1 aliphatic heterocycles. The second-order valence-corrected chi connectivity index (χ2v) is 18.2. The number of hydrogen-bond acceptors (Lipinski definition) is 15. The van der Waals surface area contributed by atoms with Crippen molar-refractivity contribution in [1.29, 1.82) is 0 Å². The number of methoxy groups -OCH3 is 1. The van der Waals surface area contributed by atoms with Crippen molar-refractivity contribution >= 4 is 35.6 Å². The second-order valence-electron chi connectivity index (χ2n) is 18.2. The minimum Gasteiger partial charge on any atom is -0.456 e. The lowest BCUT2D eigenvalue weighted by atomic mass is 9.44. The van der Waals surface area contributed by atoms with Crippen molar-refractivity contribution in [2.75, 3.05) is 26.9 Å². The van der Waals surface area contributed by atoms with Crippen LogP contribution in [0.25, 0.3) is 0 Å². The molecule has 4 aliphatic rings. The standard InChI is InChI=1S/C50H57NO15/c1-28-34(64-46(58)39(54)38(31-17-11-8-12-18-31)51-44(56)32-19-13-9-14-20-32)26-50(59)43(65-45(57)33-21-15-10-16-22-33)41-48(6,42(55)40(63-29(2)52)37(28)47(50,4)5)35(61-24-23-60-7)25-36-49(41,27-62-36)66-30(3)53/h8-22,34-36,38-41,43,54,59H,23-27H2,1-7H3,(H,51,56)/t34-,35-,36+,38-,39+,40+,41-,43-,48+,49-,50+/m0/s1. The van der Waals surface area contributed by atoms with Gasteiger partial charge in [-0.05, 0) is 54.8 Å². The van der Waals surface area contributed by atoms with E-state index in [9.17, 15) is 34.2 Å². The quantitative estimate of drug-likeness (QED) is 0.0883. The van der Waals surface area contributed by atoms with Crippen molar-refractivity contribution in [3.05, 3.63) is 119 Å². The monoisotopic (exact) mass is 911 g/mol. The first-order valence-corrected chi connectivity index (χ1v) is 21.9. The van der Waals surface area contributed by atoms with Gasteiger partial charge in [0.05, 0.1) is 48.9 Å². The molecule has 3 fully saturated rings. The molecule has 16 heteroatoms. The lowest BCUT2D eigenvalue weighted by Crippen LogP contribution is -2.82. The molecule has 0 aromatic heterocycles. The van der Waals surface area contributed by atoms with Gasteiger partial charge in [-0.15, -0.1) is 0 Å². The second kappa shape index (κ2) is 18.8. The maximum absolute atomic E-state index is 16.0. The molecule has 0 spiro atoms. The third-order valence-corrected chi connectivity index (χ3v) is 14.1. The third kappa shape index (κ3) is 8.45. The van der Waals surface area contributed by atoms with Gasteiger partial charge in [0.25, 0.3) is 5.91 Å². The molecule has 11 atom stereocenters. The molecule has 2 saturated carbocycles. The van der Waals surface area contributed by atoms with E-state index in [-0.39, 0.29) is 48.5 Å². The van der Waals surface area contributed by atoms with Crippen molar-refractivity contribution in [2.45, 2.75) is 108 Å². The number of carbonyl (C=O) groups excluding carboxylic acids is 6. The zero-order valence-electron chi connectivity index (χ0n) is 38.0. The largest absolute Gasteiger partial charge is 0.456 e. The number of nitrogens with one attached hydrogen (secondary N) is 1. The number of hydrogen-bond donors (Lipinski definition) is 3.